The summed E-state index contributed by atoms with van der Waals surface area (Å²) >= 11 is 0. The Morgan fingerprint density at radius 2 is 1.77 bits per heavy atom. The maximum absolute atomic E-state index is 13.7. The van der Waals surface area contributed by atoms with E-state index in [1.165, 1.54) is 0 Å². The normalized spacial score (nSPS) is 15.4. The van der Waals surface area contributed by atoms with Crippen LogP contribution in [0.1, 0.15) is 22.1 Å². The first-order valence-corrected chi connectivity index (χ1v) is 9.96. The molecule has 1 atom stereocenters. The SMILES string of the molecule is COc1ccc(N2C(=O)c3ccccc3N[C@H]2c2cccc3cccnc23)c(OC)c1. The van der Waals surface area contributed by atoms with Gasteiger partial charge in [0.2, 0.25) is 0 Å². The molecule has 0 aliphatic carbocycles. The largest absolute Gasteiger partial charge is 0.497 e. The summed E-state index contributed by atoms with van der Waals surface area (Å²) in [6.07, 6.45) is 1.30. The van der Waals surface area contributed by atoms with Crippen molar-refractivity contribution in [3.63, 3.8) is 0 Å². The molecule has 6 heteroatoms. The average molecular weight is 411 g/mol. The molecule has 0 fully saturated rings. The number of para-hydroxylation sites is 2. The summed E-state index contributed by atoms with van der Waals surface area (Å²) in [7, 11) is 3.19. The van der Waals surface area contributed by atoms with Crippen LogP contribution in [0.15, 0.2) is 79.0 Å². The van der Waals surface area contributed by atoms with Gasteiger partial charge in [-0.2, -0.15) is 0 Å². The lowest BCUT2D eigenvalue weighted by Gasteiger charge is -2.38. The molecular weight excluding hydrogens is 390 g/mol. The Labute approximate surface area is 180 Å². The smallest absolute Gasteiger partial charge is 0.262 e. The van der Waals surface area contributed by atoms with Crippen molar-refractivity contribution in [2.45, 2.75) is 6.17 Å². The number of ether oxygens (including phenoxy) is 2. The molecule has 31 heavy (non-hydrogen) atoms. The lowest BCUT2D eigenvalue weighted by molar-refractivity contribution is 0.0974. The summed E-state index contributed by atoms with van der Waals surface area (Å²) in [4.78, 5) is 20.1. The van der Waals surface area contributed by atoms with Gasteiger partial charge < -0.3 is 14.8 Å². The number of rotatable bonds is 4. The van der Waals surface area contributed by atoms with Crippen molar-refractivity contribution in [1.82, 2.24) is 4.98 Å². The Hall–Kier alpha value is -4.06. The van der Waals surface area contributed by atoms with Crippen molar-refractivity contribution in [2.24, 2.45) is 0 Å². The molecule has 1 aliphatic heterocycles. The number of hydrogen-bond acceptors (Lipinski definition) is 5. The van der Waals surface area contributed by atoms with Gasteiger partial charge in [0, 0.05) is 28.9 Å². The fourth-order valence-electron chi connectivity index (χ4n) is 4.05. The molecule has 0 bridgehead atoms. The van der Waals surface area contributed by atoms with Crippen molar-refractivity contribution in [3.8, 4) is 11.5 Å². The average Bonchev–Trinajstić information content (AvgIpc) is 2.83. The number of benzene rings is 3. The van der Waals surface area contributed by atoms with E-state index in [9.17, 15) is 4.79 Å². The Balaban J connectivity index is 1.74. The van der Waals surface area contributed by atoms with E-state index < -0.39 is 6.17 Å². The standard InChI is InChI=1S/C25H21N3O3/c1-30-17-12-13-21(22(15-17)31-2)28-24(27-20-11-4-3-9-18(20)25(28)29)19-10-5-7-16-8-6-14-26-23(16)19/h3-15,24,27H,1-2H3/t24-/m1/s1. The lowest BCUT2D eigenvalue weighted by atomic mass is 10.00. The van der Waals surface area contributed by atoms with Gasteiger partial charge in [0.05, 0.1) is 31.0 Å². The lowest BCUT2D eigenvalue weighted by Crippen LogP contribution is -2.43. The van der Waals surface area contributed by atoms with Gasteiger partial charge in [-0.1, -0.05) is 36.4 Å². The molecule has 1 amide bonds. The quantitative estimate of drug-likeness (QED) is 0.511. The first-order valence-electron chi connectivity index (χ1n) is 9.96. The second-order valence-corrected chi connectivity index (χ2v) is 7.23. The van der Waals surface area contributed by atoms with E-state index in [1.54, 1.807) is 31.4 Å². The van der Waals surface area contributed by atoms with E-state index in [1.807, 2.05) is 66.7 Å². The second-order valence-electron chi connectivity index (χ2n) is 7.23. The number of pyridine rings is 1. The third-order valence-electron chi connectivity index (χ3n) is 5.53. The molecule has 1 N–H and O–H groups in total. The maximum Gasteiger partial charge on any atom is 0.262 e. The number of fused-ring (bicyclic) bond motifs is 2. The summed E-state index contributed by atoms with van der Waals surface area (Å²) in [5.41, 5.74) is 3.78. The third-order valence-corrected chi connectivity index (χ3v) is 5.53. The minimum absolute atomic E-state index is 0.115. The number of aromatic nitrogens is 1. The molecule has 1 aromatic heterocycles. The molecule has 3 aromatic carbocycles. The van der Waals surface area contributed by atoms with Gasteiger partial charge in [-0.15, -0.1) is 0 Å². The molecule has 6 nitrogen and oxygen atoms in total. The number of methoxy groups -OCH3 is 2. The van der Waals surface area contributed by atoms with Gasteiger partial charge in [0.1, 0.15) is 17.7 Å². The highest BCUT2D eigenvalue weighted by Gasteiger charge is 2.36. The van der Waals surface area contributed by atoms with Gasteiger partial charge in [-0.25, -0.2) is 0 Å². The molecule has 0 saturated heterocycles. The molecule has 2 heterocycles. The maximum atomic E-state index is 13.7. The van der Waals surface area contributed by atoms with Crippen molar-refractivity contribution in [2.75, 3.05) is 24.4 Å². The van der Waals surface area contributed by atoms with Crippen LogP contribution in [0.25, 0.3) is 10.9 Å². The Morgan fingerprint density at radius 3 is 2.61 bits per heavy atom. The van der Waals surface area contributed by atoms with Crippen molar-refractivity contribution in [1.29, 1.82) is 0 Å². The molecule has 154 valence electrons. The summed E-state index contributed by atoms with van der Waals surface area (Å²) in [6, 6.07) is 22.9. The Morgan fingerprint density at radius 1 is 0.935 bits per heavy atom. The number of hydrogen-bond donors (Lipinski definition) is 1. The van der Waals surface area contributed by atoms with Crippen LogP contribution < -0.4 is 19.7 Å². The number of carbonyl (C=O) groups excluding carboxylic acids is 1. The molecular formula is C25H21N3O3. The van der Waals surface area contributed by atoms with E-state index >= 15 is 0 Å². The molecule has 4 aromatic rings. The molecule has 0 saturated carbocycles. The van der Waals surface area contributed by atoms with Gasteiger partial charge in [0.15, 0.2) is 0 Å². The zero-order chi connectivity index (χ0) is 21.4. The number of carbonyl (C=O) groups is 1. The van der Waals surface area contributed by atoms with Crippen LogP contribution in [0.2, 0.25) is 0 Å². The van der Waals surface area contributed by atoms with Crippen LogP contribution in [0, 0.1) is 0 Å². The number of amides is 1. The van der Waals surface area contributed by atoms with Crippen molar-refractivity contribution in [3.05, 3.63) is 90.1 Å². The van der Waals surface area contributed by atoms with Crippen molar-refractivity contribution < 1.29 is 14.3 Å². The van der Waals surface area contributed by atoms with Crippen LogP contribution in [-0.2, 0) is 0 Å². The van der Waals surface area contributed by atoms with Crippen LogP contribution in [0.3, 0.4) is 0 Å². The van der Waals surface area contributed by atoms with E-state index in [4.69, 9.17) is 9.47 Å². The van der Waals surface area contributed by atoms with Crippen LogP contribution in [0.5, 0.6) is 11.5 Å². The minimum Gasteiger partial charge on any atom is -0.497 e. The molecule has 5 rings (SSSR count). The summed E-state index contributed by atoms with van der Waals surface area (Å²) in [5, 5.41) is 4.55. The Bertz CT molecular complexity index is 1280. The van der Waals surface area contributed by atoms with Crippen LogP contribution in [-0.4, -0.2) is 25.1 Å². The van der Waals surface area contributed by atoms with Gasteiger partial charge in [0.25, 0.3) is 5.91 Å². The predicted octanol–water partition coefficient (Wildman–Crippen LogP) is 5.02. The number of anilines is 2. The van der Waals surface area contributed by atoms with E-state index in [2.05, 4.69) is 10.3 Å². The zero-order valence-corrected chi connectivity index (χ0v) is 17.2. The fourth-order valence-corrected chi connectivity index (χ4v) is 4.05. The fraction of sp³-hybridized carbons (Fsp3) is 0.120. The zero-order valence-electron chi connectivity index (χ0n) is 17.2. The predicted molar refractivity (Wildman–Crippen MR) is 121 cm³/mol. The molecule has 0 radical (unpaired) electrons. The third kappa shape index (κ3) is 3.13. The first-order chi connectivity index (χ1) is 15.2. The molecule has 1 aliphatic rings. The highest BCUT2D eigenvalue weighted by molar-refractivity contribution is 6.13. The van der Waals surface area contributed by atoms with E-state index in [0.29, 0.717) is 22.7 Å². The van der Waals surface area contributed by atoms with Gasteiger partial charge in [-0.3, -0.25) is 14.7 Å². The number of nitrogens with one attached hydrogen (secondary N) is 1. The van der Waals surface area contributed by atoms with E-state index in [0.717, 1.165) is 22.2 Å². The van der Waals surface area contributed by atoms with Gasteiger partial charge in [-0.05, 0) is 30.3 Å². The first kappa shape index (κ1) is 18.9. The minimum atomic E-state index is -0.469. The summed E-state index contributed by atoms with van der Waals surface area (Å²) < 4.78 is 11.0. The monoisotopic (exact) mass is 411 g/mol. The second kappa shape index (κ2) is 7.65. The summed E-state index contributed by atoms with van der Waals surface area (Å²) in [5.74, 6) is 1.09. The van der Waals surface area contributed by atoms with Crippen LogP contribution in [0.4, 0.5) is 11.4 Å². The van der Waals surface area contributed by atoms with Crippen molar-refractivity contribution >= 4 is 28.2 Å². The topological polar surface area (TPSA) is 63.7 Å². The van der Waals surface area contributed by atoms with E-state index in [-0.39, 0.29) is 5.91 Å². The molecule has 0 unspecified atom stereocenters. The Kier molecular flexibility index (Phi) is 4.67. The highest BCUT2D eigenvalue weighted by atomic mass is 16.5. The highest BCUT2D eigenvalue weighted by Crippen LogP contribution is 2.42. The summed E-state index contributed by atoms with van der Waals surface area (Å²) in [6.45, 7) is 0. The van der Waals surface area contributed by atoms with Gasteiger partial charge >= 0.3 is 0 Å². The van der Waals surface area contributed by atoms with Crippen LogP contribution >= 0.6 is 0 Å². The molecule has 0 spiro atoms. The number of nitrogens with zero attached hydrogens (tertiary/aromatic N) is 2.